The van der Waals surface area contributed by atoms with Crippen molar-refractivity contribution in [3.05, 3.63) is 24.3 Å². The van der Waals surface area contributed by atoms with Crippen LogP contribution in [-0.4, -0.2) is 92.4 Å². The number of thioether (sulfide) groups is 1. The topological polar surface area (TPSA) is 81.2 Å². The Morgan fingerprint density at radius 2 is 1.62 bits per heavy atom. The van der Waals surface area contributed by atoms with E-state index < -0.39 is 27.4 Å². The Kier molecular flexibility index (Phi) is 6.47. The summed E-state index contributed by atoms with van der Waals surface area (Å²) in [6, 6.07) is -0.697. The fourth-order valence-corrected chi connectivity index (χ4v) is 8.15. The van der Waals surface area contributed by atoms with Crippen LogP contribution in [0.25, 0.3) is 0 Å². The van der Waals surface area contributed by atoms with Crippen molar-refractivity contribution < 1.29 is 19.5 Å². The molecule has 0 bridgehead atoms. The third-order valence-corrected chi connectivity index (χ3v) is 9.14. The van der Waals surface area contributed by atoms with Crippen molar-refractivity contribution in [3.8, 4) is 0 Å². The van der Waals surface area contributed by atoms with Gasteiger partial charge in [-0.1, -0.05) is 44.6 Å². The van der Waals surface area contributed by atoms with Crippen LogP contribution >= 0.6 is 11.8 Å². The van der Waals surface area contributed by atoms with E-state index in [1.54, 1.807) is 16.7 Å². The highest BCUT2D eigenvalue weighted by atomic mass is 32.2. The number of aliphatic hydroxyl groups is 1. The third-order valence-electron chi connectivity index (χ3n) is 7.34. The SMILES string of the molecule is CCCCN1CC=C[C@]23S[C@@]4(C)C=CCN(CCC)C(=O)[C@H]4[C@H]2C(=O)N(CCO)C3C1=O. The molecule has 7 nitrogen and oxygen atoms in total. The first kappa shape index (κ1) is 23.4. The number of β-amino-alcohol motifs (C(OH)–C–C–N with tert-alkyl or cyclic N) is 1. The largest absolute Gasteiger partial charge is 0.395 e. The maximum Gasteiger partial charge on any atom is 0.247 e. The summed E-state index contributed by atoms with van der Waals surface area (Å²) in [6.45, 7) is 8.43. The molecule has 4 aliphatic heterocycles. The van der Waals surface area contributed by atoms with Crippen LogP contribution < -0.4 is 0 Å². The van der Waals surface area contributed by atoms with Crippen LogP contribution in [0.15, 0.2) is 24.3 Å². The highest BCUT2D eigenvalue weighted by Gasteiger charge is 2.73. The Labute approximate surface area is 194 Å². The predicted molar refractivity (Wildman–Crippen MR) is 125 cm³/mol. The number of carbonyl (C=O) groups is 3. The molecule has 3 amide bonds. The minimum absolute atomic E-state index is 0.000363. The normalized spacial score (nSPS) is 36.3. The number of aliphatic hydroxyl groups excluding tert-OH is 1. The second kappa shape index (κ2) is 8.86. The molecule has 4 aliphatic rings. The zero-order valence-corrected chi connectivity index (χ0v) is 20.1. The van der Waals surface area contributed by atoms with Crippen molar-refractivity contribution >= 4 is 29.5 Å². The molecular weight excluding hydrogens is 426 g/mol. The summed E-state index contributed by atoms with van der Waals surface area (Å²) in [5.74, 6) is -1.39. The summed E-state index contributed by atoms with van der Waals surface area (Å²) < 4.78 is -1.37. The molecule has 0 radical (unpaired) electrons. The lowest BCUT2D eigenvalue weighted by atomic mass is 9.74. The van der Waals surface area contributed by atoms with Crippen LogP contribution in [0.5, 0.6) is 0 Å². The van der Waals surface area contributed by atoms with Gasteiger partial charge in [-0.3, -0.25) is 14.4 Å². The molecule has 0 aliphatic carbocycles. The molecule has 1 N–H and O–H groups in total. The fraction of sp³-hybridized carbons (Fsp3) is 0.708. The van der Waals surface area contributed by atoms with E-state index in [9.17, 15) is 19.5 Å². The van der Waals surface area contributed by atoms with E-state index in [0.29, 0.717) is 26.2 Å². The minimum Gasteiger partial charge on any atom is -0.395 e. The van der Waals surface area contributed by atoms with Crippen molar-refractivity contribution in [2.75, 3.05) is 39.3 Å². The third kappa shape index (κ3) is 3.41. The lowest BCUT2D eigenvalue weighted by Crippen LogP contribution is -2.54. The van der Waals surface area contributed by atoms with Crippen LogP contribution in [0, 0.1) is 11.8 Å². The van der Waals surface area contributed by atoms with Crippen LogP contribution in [-0.2, 0) is 14.4 Å². The van der Waals surface area contributed by atoms with Crippen molar-refractivity contribution in [1.82, 2.24) is 14.7 Å². The molecule has 1 spiro atoms. The Hall–Kier alpha value is -1.80. The summed E-state index contributed by atoms with van der Waals surface area (Å²) in [5, 5.41) is 9.72. The molecule has 2 saturated heterocycles. The van der Waals surface area contributed by atoms with Gasteiger partial charge in [0.25, 0.3) is 0 Å². The number of likely N-dealkylation sites (tertiary alicyclic amines) is 1. The van der Waals surface area contributed by atoms with E-state index in [0.717, 1.165) is 19.3 Å². The fourth-order valence-electron chi connectivity index (χ4n) is 5.99. The number of fused-ring (bicyclic) bond motifs is 2. The lowest BCUT2D eigenvalue weighted by Gasteiger charge is -2.36. The van der Waals surface area contributed by atoms with E-state index in [1.807, 2.05) is 41.9 Å². The zero-order chi connectivity index (χ0) is 23.1. The maximum absolute atomic E-state index is 13.8. The number of hydrogen-bond donors (Lipinski definition) is 1. The molecule has 1 unspecified atom stereocenters. The highest BCUT2D eigenvalue weighted by molar-refractivity contribution is 8.02. The van der Waals surface area contributed by atoms with Gasteiger partial charge in [0.15, 0.2) is 0 Å². The average Bonchev–Trinajstić information content (AvgIpc) is 3.02. The van der Waals surface area contributed by atoms with Crippen LogP contribution in [0.4, 0.5) is 0 Å². The standard InChI is InChI=1S/C24H35N3O4S/c1-4-6-12-26-14-8-10-24-18(21(30)27(15-16-28)19(24)22(26)31)17-20(29)25(11-5-2)13-7-9-23(17,3)32-24/h7-10,17-19,28H,4-6,11-16H2,1-3H3/t17-,18+,19?,23+,24+/m1/s1. The highest BCUT2D eigenvalue weighted by Crippen LogP contribution is 2.65. The number of carbonyl (C=O) groups excluding carboxylic acids is 3. The van der Waals surface area contributed by atoms with Crippen molar-refractivity contribution in [2.24, 2.45) is 11.8 Å². The first-order chi connectivity index (χ1) is 15.3. The van der Waals surface area contributed by atoms with Crippen LogP contribution in [0.1, 0.15) is 40.0 Å². The summed E-state index contributed by atoms with van der Waals surface area (Å²) in [6.07, 6.45) is 10.9. The molecule has 4 rings (SSSR count). The van der Waals surface area contributed by atoms with Crippen LogP contribution in [0.2, 0.25) is 0 Å². The number of nitrogens with zero attached hydrogens (tertiary/aromatic N) is 3. The molecule has 0 aromatic rings. The maximum atomic E-state index is 13.8. The smallest absolute Gasteiger partial charge is 0.247 e. The quantitative estimate of drug-likeness (QED) is 0.584. The van der Waals surface area contributed by atoms with Gasteiger partial charge in [0.05, 0.1) is 23.2 Å². The van der Waals surface area contributed by atoms with Crippen molar-refractivity contribution in [3.63, 3.8) is 0 Å². The van der Waals surface area contributed by atoms with Gasteiger partial charge in [0.1, 0.15) is 6.04 Å². The molecule has 0 saturated carbocycles. The predicted octanol–water partition coefficient (Wildman–Crippen LogP) is 1.67. The number of amides is 3. The Morgan fingerprint density at radius 1 is 0.938 bits per heavy atom. The summed E-state index contributed by atoms with van der Waals surface area (Å²) in [7, 11) is 0. The summed E-state index contributed by atoms with van der Waals surface area (Å²) >= 11 is 1.60. The van der Waals surface area contributed by atoms with Gasteiger partial charge in [0.2, 0.25) is 17.7 Å². The second-order valence-electron chi connectivity index (χ2n) is 9.48. The number of rotatable bonds is 7. The minimum atomic E-state index is -0.807. The monoisotopic (exact) mass is 461 g/mol. The number of hydrogen-bond acceptors (Lipinski definition) is 5. The molecule has 5 atom stereocenters. The summed E-state index contributed by atoms with van der Waals surface area (Å²) in [4.78, 5) is 46.6. The Bertz CT molecular complexity index is 845. The van der Waals surface area contributed by atoms with Gasteiger partial charge >= 0.3 is 0 Å². The molecule has 32 heavy (non-hydrogen) atoms. The van der Waals surface area contributed by atoms with Crippen molar-refractivity contribution in [1.29, 1.82) is 0 Å². The molecular formula is C24H35N3O4S. The Balaban J connectivity index is 1.81. The van der Waals surface area contributed by atoms with Gasteiger partial charge in [-0.05, 0) is 19.8 Å². The molecule has 0 aromatic heterocycles. The zero-order valence-electron chi connectivity index (χ0n) is 19.3. The van der Waals surface area contributed by atoms with Gasteiger partial charge in [-0.15, -0.1) is 11.8 Å². The van der Waals surface area contributed by atoms with Gasteiger partial charge < -0.3 is 19.8 Å². The average molecular weight is 462 g/mol. The number of unbranched alkanes of at least 4 members (excludes halogenated alkanes) is 1. The van der Waals surface area contributed by atoms with Gasteiger partial charge in [0, 0.05) is 37.5 Å². The Morgan fingerprint density at radius 3 is 2.28 bits per heavy atom. The summed E-state index contributed by atoms with van der Waals surface area (Å²) in [5.41, 5.74) is 0. The first-order valence-electron chi connectivity index (χ1n) is 11.9. The van der Waals surface area contributed by atoms with Gasteiger partial charge in [-0.2, -0.15) is 0 Å². The molecule has 8 heteroatoms. The van der Waals surface area contributed by atoms with Crippen LogP contribution in [0.3, 0.4) is 0 Å². The molecule has 176 valence electrons. The molecule has 2 fully saturated rings. The lowest BCUT2D eigenvalue weighted by molar-refractivity contribution is -0.145. The van der Waals surface area contributed by atoms with E-state index in [2.05, 4.69) is 13.0 Å². The molecule has 4 heterocycles. The second-order valence-corrected chi connectivity index (χ2v) is 11.3. The van der Waals surface area contributed by atoms with E-state index in [4.69, 9.17) is 0 Å². The van der Waals surface area contributed by atoms with E-state index >= 15 is 0 Å². The molecule has 0 aromatic carbocycles. The first-order valence-corrected chi connectivity index (χ1v) is 12.7. The van der Waals surface area contributed by atoms with Crippen molar-refractivity contribution in [2.45, 2.75) is 55.6 Å². The van der Waals surface area contributed by atoms with E-state index in [-0.39, 0.29) is 30.9 Å². The van der Waals surface area contributed by atoms with Gasteiger partial charge in [-0.25, -0.2) is 0 Å². The van der Waals surface area contributed by atoms with E-state index in [1.165, 1.54) is 0 Å².